The Morgan fingerprint density at radius 3 is 2.55 bits per heavy atom. The van der Waals surface area contributed by atoms with E-state index in [1.165, 1.54) is 28.9 Å². The summed E-state index contributed by atoms with van der Waals surface area (Å²) in [4.78, 5) is 45.0. The van der Waals surface area contributed by atoms with E-state index in [2.05, 4.69) is 20.3 Å². The normalized spacial score (nSPS) is 25.6. The number of carbonyl (C=O) groups is 1. The number of aryl methyl sites for hydroxylation is 1. The fourth-order valence-corrected chi connectivity index (χ4v) is 10.0. The summed E-state index contributed by atoms with van der Waals surface area (Å²) in [5.74, 6) is -0.399. The zero-order chi connectivity index (χ0) is 41.6. The molecular weight excluding hydrogens is 778 g/mol. The number of ether oxygens (including phenoxy) is 1. The van der Waals surface area contributed by atoms with Crippen molar-refractivity contribution in [3.63, 3.8) is 0 Å². The third-order valence-electron chi connectivity index (χ3n) is 12.5. The Labute approximate surface area is 343 Å². The highest BCUT2D eigenvalue weighted by Crippen LogP contribution is 2.44. The number of anilines is 3. The number of hydrogen-bond donors (Lipinski definition) is 2. The quantitative estimate of drug-likeness (QED) is 0.236. The molecule has 0 saturated carbocycles. The minimum absolute atomic E-state index is 0.00664. The maximum absolute atomic E-state index is 15.5. The molecule has 3 fully saturated rings. The van der Waals surface area contributed by atoms with E-state index < -0.39 is 35.2 Å². The molecule has 4 aliphatic rings. The van der Waals surface area contributed by atoms with Crippen molar-refractivity contribution in [3.8, 4) is 16.9 Å². The Hall–Kier alpha value is -5.88. The monoisotopic (exact) mass is 822 g/mol. The molecule has 4 aromatic heterocycles. The molecule has 6 atom stereocenters. The average Bonchev–Trinajstić information content (AvgIpc) is 3.96. The Bertz CT molecular complexity index is 2650. The first kappa shape index (κ1) is 38.3. The summed E-state index contributed by atoms with van der Waals surface area (Å²) in [6.45, 7) is 6.87. The van der Waals surface area contributed by atoms with Crippen LogP contribution < -0.4 is 15.1 Å². The highest BCUT2D eigenvalue weighted by atomic mass is 19.1. The molecule has 18 heteroatoms. The number of nitrogens with one attached hydrogen (secondary N) is 1. The van der Waals surface area contributed by atoms with Crippen molar-refractivity contribution < 1.29 is 27.8 Å². The Morgan fingerprint density at radius 2 is 1.78 bits per heavy atom. The predicted octanol–water partition coefficient (Wildman–Crippen LogP) is 5.17. The van der Waals surface area contributed by atoms with Crippen LogP contribution in [0.25, 0.3) is 39.0 Å². The number of halogens is 3. The first-order chi connectivity index (χ1) is 28.8. The van der Waals surface area contributed by atoms with Crippen LogP contribution in [0.2, 0.25) is 0 Å². The third kappa shape index (κ3) is 6.56. The molecule has 4 aliphatic heterocycles. The standard InChI is InChI=1S/C42H45F3N12O3/c1-5-60-28-20-53(4)39(58)35-15-25(49-40-46-11-10-32(50-40)29-12-24(44)14-33-36(29)54(21-28)22(2)48-33)19-55(35)37-30-18-47-57(34-9-6-23(43)13-31(34)45)38(30)52-41(51-37)56-26-7-8-27(56)17-42(3,59)16-26/h6,9-14,18,25-28,35,59H,5,7-8,15-17,19-21H2,1-4H3,(H,46,49,50)/t25?,26-,27+,28-,35-,42?/m0/s1. The van der Waals surface area contributed by atoms with Gasteiger partial charge in [-0.25, -0.2) is 32.8 Å². The number of imidazole rings is 1. The van der Waals surface area contributed by atoms with Gasteiger partial charge in [0.25, 0.3) is 0 Å². The van der Waals surface area contributed by atoms with Crippen molar-refractivity contribution in [2.75, 3.05) is 41.9 Å². The maximum atomic E-state index is 15.5. The zero-order valence-electron chi connectivity index (χ0n) is 33.7. The lowest BCUT2D eigenvalue weighted by atomic mass is 9.88. The van der Waals surface area contributed by atoms with Crippen LogP contribution in [-0.4, -0.2) is 118 Å². The molecule has 0 radical (unpaired) electrons. The second-order valence-electron chi connectivity index (χ2n) is 16.8. The highest BCUT2D eigenvalue weighted by Gasteiger charge is 2.47. The average molecular weight is 823 g/mol. The van der Waals surface area contributed by atoms with Gasteiger partial charge in [-0.1, -0.05) is 0 Å². The van der Waals surface area contributed by atoms with Gasteiger partial charge in [0.2, 0.25) is 17.8 Å². The zero-order valence-corrected chi connectivity index (χ0v) is 33.7. The van der Waals surface area contributed by atoms with E-state index >= 15 is 8.78 Å². The maximum Gasteiger partial charge on any atom is 0.245 e. The molecule has 0 aliphatic carbocycles. The van der Waals surface area contributed by atoms with Gasteiger partial charge in [-0.2, -0.15) is 15.1 Å². The minimum atomic E-state index is -0.845. The van der Waals surface area contributed by atoms with Crippen molar-refractivity contribution in [3.05, 3.63) is 72.1 Å². The van der Waals surface area contributed by atoms with Gasteiger partial charge in [-0.3, -0.25) is 4.79 Å². The molecule has 10 rings (SSSR count). The Morgan fingerprint density at radius 1 is 0.983 bits per heavy atom. The number of hydrogen-bond acceptors (Lipinski definition) is 12. The smallest absolute Gasteiger partial charge is 0.245 e. The van der Waals surface area contributed by atoms with Gasteiger partial charge >= 0.3 is 0 Å². The summed E-state index contributed by atoms with van der Waals surface area (Å²) in [7, 11) is 1.75. The van der Waals surface area contributed by atoms with Gasteiger partial charge in [0.1, 0.15) is 35.0 Å². The molecule has 0 spiro atoms. The lowest BCUT2D eigenvalue weighted by molar-refractivity contribution is -0.133. The molecule has 6 aromatic rings. The minimum Gasteiger partial charge on any atom is -0.390 e. The van der Waals surface area contributed by atoms with Crippen LogP contribution in [0, 0.1) is 24.4 Å². The van der Waals surface area contributed by atoms with E-state index in [9.17, 15) is 14.3 Å². The summed E-state index contributed by atoms with van der Waals surface area (Å²) >= 11 is 0. The molecule has 60 heavy (non-hydrogen) atoms. The predicted molar refractivity (Wildman–Crippen MR) is 217 cm³/mol. The Kier molecular flexibility index (Phi) is 9.20. The van der Waals surface area contributed by atoms with E-state index in [-0.39, 0.29) is 48.5 Å². The highest BCUT2D eigenvalue weighted by molar-refractivity contribution is 5.94. The summed E-state index contributed by atoms with van der Waals surface area (Å²) in [5.41, 5.74) is 1.69. The molecule has 1 amide bonds. The molecule has 8 heterocycles. The Balaban J connectivity index is 1.11. The first-order valence-corrected chi connectivity index (χ1v) is 20.5. The number of carbonyl (C=O) groups excluding carboxylic acids is 1. The summed E-state index contributed by atoms with van der Waals surface area (Å²) in [6.07, 6.45) is 5.77. The molecule has 2 unspecified atom stereocenters. The van der Waals surface area contributed by atoms with Crippen molar-refractivity contribution >= 4 is 45.7 Å². The molecule has 312 valence electrons. The largest absolute Gasteiger partial charge is 0.390 e. The van der Waals surface area contributed by atoms with Gasteiger partial charge in [0.15, 0.2) is 11.5 Å². The summed E-state index contributed by atoms with van der Waals surface area (Å²) in [6, 6.07) is 6.69. The second kappa shape index (κ2) is 14.4. The van der Waals surface area contributed by atoms with E-state index in [0.29, 0.717) is 83.6 Å². The number of benzene rings is 2. The number of nitrogens with zero attached hydrogens (tertiary/aromatic N) is 11. The van der Waals surface area contributed by atoms with Crippen molar-refractivity contribution in [2.45, 2.75) is 95.3 Å². The van der Waals surface area contributed by atoms with Crippen LogP contribution in [0.3, 0.4) is 0 Å². The first-order valence-electron chi connectivity index (χ1n) is 20.5. The van der Waals surface area contributed by atoms with E-state index in [0.717, 1.165) is 18.9 Å². The number of fused-ring (bicyclic) bond motifs is 8. The number of piperidine rings is 1. The molecule has 3 saturated heterocycles. The van der Waals surface area contributed by atoms with Crippen LogP contribution in [0.1, 0.15) is 51.8 Å². The summed E-state index contributed by atoms with van der Waals surface area (Å²) in [5, 5.41) is 19.6. The number of likely N-dealkylation sites (N-methyl/N-ethyl adjacent to an activating group) is 1. The van der Waals surface area contributed by atoms with E-state index in [1.807, 2.05) is 30.2 Å². The van der Waals surface area contributed by atoms with Crippen LogP contribution in [0.4, 0.5) is 30.9 Å². The molecule has 2 N–H and O–H groups in total. The fraction of sp³-hybridized carbons (Fsp3) is 0.452. The van der Waals surface area contributed by atoms with Crippen molar-refractivity contribution in [1.82, 2.24) is 44.2 Å². The molecular formula is C42H45F3N12O3. The van der Waals surface area contributed by atoms with E-state index in [4.69, 9.17) is 24.7 Å². The molecule has 2 aromatic carbocycles. The van der Waals surface area contributed by atoms with Crippen LogP contribution in [0.15, 0.2) is 48.8 Å². The number of aliphatic hydroxyl groups is 1. The van der Waals surface area contributed by atoms with Gasteiger partial charge in [0.05, 0.1) is 46.6 Å². The van der Waals surface area contributed by atoms with Crippen LogP contribution in [-0.2, 0) is 16.1 Å². The lowest BCUT2D eigenvalue weighted by Gasteiger charge is -2.42. The summed E-state index contributed by atoms with van der Waals surface area (Å²) < 4.78 is 54.4. The molecule has 15 nitrogen and oxygen atoms in total. The topological polar surface area (TPSA) is 155 Å². The fourth-order valence-electron chi connectivity index (χ4n) is 10.0. The number of aromatic nitrogens is 8. The van der Waals surface area contributed by atoms with Crippen molar-refractivity contribution in [2.24, 2.45) is 0 Å². The van der Waals surface area contributed by atoms with Gasteiger partial charge in [-0.05, 0) is 77.1 Å². The van der Waals surface area contributed by atoms with Crippen LogP contribution in [0.5, 0.6) is 0 Å². The lowest BCUT2D eigenvalue weighted by Crippen LogP contribution is -2.50. The third-order valence-corrected chi connectivity index (χ3v) is 12.5. The number of amides is 1. The molecule has 6 bridgehead atoms. The van der Waals surface area contributed by atoms with Crippen molar-refractivity contribution in [1.29, 1.82) is 0 Å². The van der Waals surface area contributed by atoms with Gasteiger partial charge in [-0.15, -0.1) is 0 Å². The number of rotatable bonds is 5. The van der Waals surface area contributed by atoms with Gasteiger partial charge < -0.3 is 34.4 Å². The van der Waals surface area contributed by atoms with Gasteiger partial charge in [0, 0.05) is 68.8 Å². The second-order valence-corrected chi connectivity index (χ2v) is 16.8. The SMILES string of the molecule is CCO[C@H]1CN(C)C(=O)[C@@H]2CC(CN2c2nc(N3[C@@H]4CC[C@H]3CC(C)(O)C4)nc3c2cnn3-c2ccc(F)cc2F)Nc2nccc(n2)-c2cc(F)cc3nc(C)n(c23)C1. The van der Waals surface area contributed by atoms with Crippen LogP contribution >= 0.6 is 0 Å². The van der Waals surface area contributed by atoms with E-state index in [1.54, 1.807) is 30.4 Å².